The topological polar surface area (TPSA) is 101 Å². The zero-order valence-corrected chi connectivity index (χ0v) is 21.4. The average Bonchev–Trinajstić information content (AvgIpc) is 3.70. The van der Waals surface area contributed by atoms with E-state index >= 15 is 0 Å². The molecule has 1 aliphatic heterocycles. The van der Waals surface area contributed by atoms with E-state index in [1.54, 1.807) is 30.6 Å². The lowest BCUT2D eigenvalue weighted by atomic mass is 9.80. The van der Waals surface area contributed by atoms with Gasteiger partial charge in [0, 0.05) is 47.7 Å². The van der Waals surface area contributed by atoms with Crippen LogP contribution in [0.25, 0.3) is 21.9 Å². The molecule has 3 atom stereocenters. The van der Waals surface area contributed by atoms with Crippen LogP contribution in [0.4, 0.5) is 19.1 Å². The van der Waals surface area contributed by atoms with E-state index in [9.17, 15) is 22.8 Å². The number of amides is 2. The highest BCUT2D eigenvalue weighted by atomic mass is 19.4. The molecule has 0 spiro atoms. The molecule has 1 aromatic carbocycles. The minimum Gasteiger partial charge on any atom is -0.467 e. The average molecular weight is 561 g/mol. The number of hydrogen-bond donors (Lipinski definition) is 1. The quantitative estimate of drug-likeness (QED) is 0.263. The lowest BCUT2D eigenvalue weighted by Gasteiger charge is -2.43. The number of aromatic nitrogens is 2. The lowest BCUT2D eigenvalue weighted by molar-refractivity contribution is -0.194. The van der Waals surface area contributed by atoms with Gasteiger partial charge in [0.15, 0.2) is 5.88 Å². The molecule has 1 saturated heterocycles. The third kappa shape index (κ3) is 5.18. The molecule has 2 amide bonds. The van der Waals surface area contributed by atoms with Crippen LogP contribution in [-0.2, 0) is 4.79 Å². The molecule has 5 aromatic rings. The smallest absolute Gasteiger partial charge is 0.393 e. The Balaban J connectivity index is 1.36. The van der Waals surface area contributed by atoms with E-state index in [1.807, 2.05) is 24.3 Å². The normalized spacial score (nSPS) is 19.3. The van der Waals surface area contributed by atoms with Crippen LogP contribution in [0.3, 0.4) is 0 Å². The Morgan fingerprint density at radius 2 is 1.73 bits per heavy atom. The third-order valence-electron chi connectivity index (χ3n) is 7.30. The second-order valence-electron chi connectivity index (χ2n) is 9.81. The number of anilines is 1. The second kappa shape index (κ2) is 10.6. The molecule has 0 aliphatic carbocycles. The van der Waals surface area contributed by atoms with Crippen molar-refractivity contribution in [3.63, 3.8) is 0 Å². The Labute approximate surface area is 231 Å². The molecule has 1 aliphatic rings. The molecule has 0 saturated carbocycles. The summed E-state index contributed by atoms with van der Waals surface area (Å²) in [5.74, 6) is -4.42. The Bertz CT molecular complexity index is 1660. The van der Waals surface area contributed by atoms with Crippen molar-refractivity contribution in [3.05, 3.63) is 103 Å². The van der Waals surface area contributed by atoms with Crippen molar-refractivity contribution >= 4 is 28.5 Å². The predicted molar refractivity (Wildman–Crippen MR) is 142 cm³/mol. The summed E-state index contributed by atoms with van der Waals surface area (Å²) in [6, 6.07) is 15.8. The van der Waals surface area contributed by atoms with Crippen molar-refractivity contribution in [1.82, 2.24) is 14.9 Å². The van der Waals surface area contributed by atoms with Gasteiger partial charge in [0.2, 0.25) is 5.91 Å². The minimum atomic E-state index is -4.64. The zero-order valence-electron chi connectivity index (χ0n) is 21.4. The molecule has 8 nitrogen and oxygen atoms in total. The van der Waals surface area contributed by atoms with E-state index in [-0.39, 0.29) is 17.3 Å². The van der Waals surface area contributed by atoms with Gasteiger partial charge in [-0.25, -0.2) is 0 Å². The minimum absolute atomic E-state index is 0.0634. The first-order valence-electron chi connectivity index (χ1n) is 12.8. The number of halogens is 3. The summed E-state index contributed by atoms with van der Waals surface area (Å²) in [6.07, 6.45) is 2.42. The molecule has 4 aromatic heterocycles. The van der Waals surface area contributed by atoms with Gasteiger partial charge in [-0.2, -0.15) is 13.2 Å². The Kier molecular flexibility index (Phi) is 6.78. The maximum absolute atomic E-state index is 14.1. The van der Waals surface area contributed by atoms with Gasteiger partial charge in [0.25, 0.3) is 5.91 Å². The first kappa shape index (κ1) is 26.3. The largest absolute Gasteiger partial charge is 0.467 e. The van der Waals surface area contributed by atoms with E-state index in [2.05, 4.69) is 15.3 Å². The number of fused-ring (bicyclic) bond motifs is 1. The van der Waals surface area contributed by atoms with E-state index in [1.165, 1.54) is 36.9 Å². The fraction of sp³-hybridized carbons (Fsp3) is 0.200. The first-order valence-corrected chi connectivity index (χ1v) is 12.8. The molecule has 0 bridgehead atoms. The van der Waals surface area contributed by atoms with Crippen LogP contribution >= 0.6 is 0 Å². The molecule has 5 heterocycles. The van der Waals surface area contributed by atoms with Crippen LogP contribution in [-0.4, -0.2) is 39.4 Å². The summed E-state index contributed by atoms with van der Waals surface area (Å²) < 4.78 is 53.0. The molecular weight excluding hydrogens is 537 g/mol. The fourth-order valence-electron chi connectivity index (χ4n) is 5.32. The van der Waals surface area contributed by atoms with Crippen molar-refractivity contribution in [3.8, 4) is 11.1 Å². The van der Waals surface area contributed by atoms with Crippen molar-refractivity contribution < 1.29 is 31.6 Å². The Morgan fingerprint density at radius 1 is 0.927 bits per heavy atom. The highest BCUT2D eigenvalue weighted by molar-refractivity contribution is 5.97. The molecule has 1 fully saturated rings. The van der Waals surface area contributed by atoms with Crippen LogP contribution in [0.15, 0.2) is 101 Å². The summed E-state index contributed by atoms with van der Waals surface area (Å²) >= 11 is 0. The molecule has 208 valence electrons. The number of furan rings is 2. The number of nitrogens with one attached hydrogen (secondary N) is 1. The Morgan fingerprint density at radius 3 is 2.44 bits per heavy atom. The molecule has 3 unspecified atom stereocenters. The van der Waals surface area contributed by atoms with Crippen LogP contribution in [0.2, 0.25) is 0 Å². The van der Waals surface area contributed by atoms with Gasteiger partial charge in [-0.3, -0.25) is 24.9 Å². The first-order chi connectivity index (χ1) is 19.8. The molecule has 0 radical (unpaired) electrons. The molecular formula is C30H23F3N4O4. The monoisotopic (exact) mass is 560 g/mol. The SMILES string of the molecule is O=C(Nc1ccco1)C1CC(C(F)(F)F)CN(C(=O)c2ccc(-c3cncc4ccccc34)cn2)C1c1ccco1. The van der Waals surface area contributed by atoms with E-state index in [0.717, 1.165) is 21.2 Å². The number of carbonyl (C=O) groups is 2. The van der Waals surface area contributed by atoms with Crippen molar-refractivity contribution in [2.45, 2.75) is 18.6 Å². The van der Waals surface area contributed by atoms with Gasteiger partial charge in [0.05, 0.1) is 24.4 Å². The van der Waals surface area contributed by atoms with Gasteiger partial charge >= 0.3 is 6.18 Å². The van der Waals surface area contributed by atoms with Crippen molar-refractivity contribution in [2.75, 3.05) is 11.9 Å². The lowest BCUT2D eigenvalue weighted by Crippen LogP contribution is -2.52. The standard InChI is InChI=1S/C30H23F3N4O4/c31-30(32,33)20-13-22(28(38)36-26-8-4-12-41-26)27(25-7-3-11-40-25)37(17-20)29(39)24-10-9-19(15-35-24)23-16-34-14-18-5-1-2-6-21(18)23/h1-12,14-16,20,22,27H,13,17H2,(H,36,38). The molecule has 6 rings (SSSR count). The highest BCUT2D eigenvalue weighted by Crippen LogP contribution is 2.45. The van der Waals surface area contributed by atoms with Gasteiger partial charge in [-0.1, -0.05) is 30.3 Å². The van der Waals surface area contributed by atoms with Crippen molar-refractivity contribution in [1.29, 1.82) is 0 Å². The number of alkyl halides is 3. The third-order valence-corrected chi connectivity index (χ3v) is 7.30. The number of pyridine rings is 2. The van der Waals surface area contributed by atoms with Crippen LogP contribution in [0.5, 0.6) is 0 Å². The van der Waals surface area contributed by atoms with Gasteiger partial charge in [0.1, 0.15) is 17.5 Å². The zero-order chi connectivity index (χ0) is 28.6. The number of benzene rings is 1. The van der Waals surface area contributed by atoms with E-state index in [0.29, 0.717) is 5.56 Å². The van der Waals surface area contributed by atoms with Crippen LogP contribution < -0.4 is 5.32 Å². The highest BCUT2D eigenvalue weighted by Gasteiger charge is 2.52. The van der Waals surface area contributed by atoms with Crippen molar-refractivity contribution in [2.24, 2.45) is 11.8 Å². The number of likely N-dealkylation sites (tertiary alicyclic amines) is 1. The number of carbonyl (C=O) groups excluding carboxylic acids is 2. The molecule has 41 heavy (non-hydrogen) atoms. The summed E-state index contributed by atoms with van der Waals surface area (Å²) in [7, 11) is 0. The summed E-state index contributed by atoms with van der Waals surface area (Å²) in [5, 5.41) is 4.39. The number of piperidine rings is 1. The predicted octanol–water partition coefficient (Wildman–Crippen LogP) is 6.50. The molecule has 1 N–H and O–H groups in total. The molecule has 11 heteroatoms. The van der Waals surface area contributed by atoms with Crippen LogP contribution in [0.1, 0.15) is 28.7 Å². The summed E-state index contributed by atoms with van der Waals surface area (Å²) in [4.78, 5) is 36.8. The summed E-state index contributed by atoms with van der Waals surface area (Å²) in [5.41, 5.74) is 1.43. The van der Waals surface area contributed by atoms with E-state index < -0.39 is 48.8 Å². The van der Waals surface area contributed by atoms with E-state index in [4.69, 9.17) is 8.83 Å². The Hall–Kier alpha value is -4.93. The summed E-state index contributed by atoms with van der Waals surface area (Å²) in [6.45, 7) is -0.658. The fourth-order valence-corrected chi connectivity index (χ4v) is 5.32. The van der Waals surface area contributed by atoms with Gasteiger partial charge < -0.3 is 13.7 Å². The van der Waals surface area contributed by atoms with Crippen LogP contribution in [0, 0.1) is 11.8 Å². The maximum Gasteiger partial charge on any atom is 0.393 e. The maximum atomic E-state index is 14.1. The number of rotatable bonds is 5. The second-order valence-corrected chi connectivity index (χ2v) is 9.81. The number of nitrogens with zero attached hydrogens (tertiary/aromatic N) is 3. The van der Waals surface area contributed by atoms with Gasteiger partial charge in [-0.05, 0) is 36.1 Å². The number of hydrogen-bond acceptors (Lipinski definition) is 6. The van der Waals surface area contributed by atoms with Gasteiger partial charge in [-0.15, -0.1) is 0 Å².